The van der Waals surface area contributed by atoms with Crippen LogP contribution in [0.4, 0.5) is 0 Å². The summed E-state index contributed by atoms with van der Waals surface area (Å²) in [5.74, 6) is 0.266. The van der Waals surface area contributed by atoms with Crippen molar-refractivity contribution in [2.75, 3.05) is 0 Å². The van der Waals surface area contributed by atoms with Gasteiger partial charge < -0.3 is 5.11 Å². The average molecular weight is 263 g/mol. The summed E-state index contributed by atoms with van der Waals surface area (Å²) >= 11 is 0. The van der Waals surface area contributed by atoms with E-state index in [0.29, 0.717) is 0 Å². The molecule has 3 aromatic rings. The molecule has 0 aliphatic carbocycles. The highest BCUT2D eigenvalue weighted by Crippen LogP contribution is 2.28. The number of hydrogen-bond acceptors (Lipinski definition) is 2. The van der Waals surface area contributed by atoms with Crippen LogP contribution >= 0.6 is 0 Å². The second-order valence-corrected chi connectivity index (χ2v) is 5.30. The summed E-state index contributed by atoms with van der Waals surface area (Å²) in [5, 5.41) is 12.0. The SMILES string of the molecule is Cc1cc2cc(-c3cccc(O)c3)nc(C)c2cc1C. The fraction of sp³-hybridized carbons (Fsp3) is 0.167. The van der Waals surface area contributed by atoms with Crippen molar-refractivity contribution in [2.24, 2.45) is 0 Å². The normalized spacial score (nSPS) is 10.9. The molecule has 0 fully saturated rings. The lowest BCUT2D eigenvalue weighted by atomic mass is 10.00. The van der Waals surface area contributed by atoms with Crippen LogP contribution in [0.15, 0.2) is 42.5 Å². The quantitative estimate of drug-likeness (QED) is 0.699. The zero-order valence-electron chi connectivity index (χ0n) is 11.9. The molecule has 2 nitrogen and oxygen atoms in total. The van der Waals surface area contributed by atoms with E-state index in [1.807, 2.05) is 19.1 Å². The van der Waals surface area contributed by atoms with Gasteiger partial charge in [-0.15, -0.1) is 0 Å². The van der Waals surface area contributed by atoms with Crippen molar-refractivity contribution in [1.29, 1.82) is 0 Å². The van der Waals surface area contributed by atoms with Crippen molar-refractivity contribution in [3.8, 4) is 17.0 Å². The van der Waals surface area contributed by atoms with Crippen LogP contribution in [0.5, 0.6) is 5.75 Å². The molecule has 0 saturated heterocycles. The Balaban J connectivity index is 2.26. The van der Waals surface area contributed by atoms with Gasteiger partial charge in [-0.1, -0.05) is 18.2 Å². The monoisotopic (exact) mass is 263 g/mol. The fourth-order valence-corrected chi connectivity index (χ4v) is 2.50. The maximum Gasteiger partial charge on any atom is 0.116 e. The molecule has 0 unspecified atom stereocenters. The fourth-order valence-electron chi connectivity index (χ4n) is 2.50. The maximum atomic E-state index is 9.61. The third-order valence-electron chi connectivity index (χ3n) is 3.78. The highest BCUT2D eigenvalue weighted by atomic mass is 16.3. The van der Waals surface area contributed by atoms with E-state index in [4.69, 9.17) is 0 Å². The number of nitrogens with zero attached hydrogens (tertiary/aromatic N) is 1. The minimum absolute atomic E-state index is 0.266. The Morgan fingerprint density at radius 3 is 2.40 bits per heavy atom. The maximum absolute atomic E-state index is 9.61. The molecule has 0 radical (unpaired) electrons. The van der Waals surface area contributed by atoms with Gasteiger partial charge in [0.2, 0.25) is 0 Å². The van der Waals surface area contributed by atoms with Crippen LogP contribution in [-0.2, 0) is 0 Å². The molecule has 0 spiro atoms. The van der Waals surface area contributed by atoms with Gasteiger partial charge in [0.1, 0.15) is 5.75 Å². The minimum atomic E-state index is 0.266. The van der Waals surface area contributed by atoms with Gasteiger partial charge >= 0.3 is 0 Å². The van der Waals surface area contributed by atoms with E-state index in [-0.39, 0.29) is 5.75 Å². The number of aromatic nitrogens is 1. The molecule has 0 amide bonds. The zero-order valence-corrected chi connectivity index (χ0v) is 11.9. The average Bonchev–Trinajstić information content (AvgIpc) is 2.41. The van der Waals surface area contributed by atoms with Gasteiger partial charge in [-0.05, 0) is 61.5 Å². The Bertz CT molecular complexity index is 806. The van der Waals surface area contributed by atoms with Crippen LogP contribution in [0.1, 0.15) is 16.8 Å². The summed E-state index contributed by atoms with van der Waals surface area (Å²) < 4.78 is 0. The van der Waals surface area contributed by atoms with Crippen LogP contribution in [0.3, 0.4) is 0 Å². The summed E-state index contributed by atoms with van der Waals surface area (Å²) in [4.78, 5) is 4.67. The predicted molar refractivity (Wildman–Crippen MR) is 83.1 cm³/mol. The van der Waals surface area contributed by atoms with E-state index in [0.717, 1.165) is 17.0 Å². The van der Waals surface area contributed by atoms with E-state index in [2.05, 4.69) is 37.0 Å². The molecular formula is C18H17NO. The van der Waals surface area contributed by atoms with E-state index in [1.54, 1.807) is 12.1 Å². The molecule has 2 aromatic carbocycles. The van der Waals surface area contributed by atoms with E-state index in [9.17, 15) is 5.11 Å². The van der Waals surface area contributed by atoms with Crippen LogP contribution in [0, 0.1) is 20.8 Å². The van der Waals surface area contributed by atoms with Gasteiger partial charge in [0.15, 0.2) is 0 Å². The summed E-state index contributed by atoms with van der Waals surface area (Å²) in [7, 11) is 0. The number of fused-ring (bicyclic) bond motifs is 1. The van der Waals surface area contributed by atoms with Crippen molar-refractivity contribution in [3.63, 3.8) is 0 Å². The third kappa shape index (κ3) is 2.14. The topological polar surface area (TPSA) is 33.1 Å². The largest absolute Gasteiger partial charge is 0.508 e. The molecule has 1 aromatic heterocycles. The Kier molecular flexibility index (Phi) is 2.94. The van der Waals surface area contributed by atoms with Gasteiger partial charge in [0.05, 0.1) is 5.69 Å². The van der Waals surface area contributed by atoms with Gasteiger partial charge in [-0.3, -0.25) is 4.98 Å². The predicted octanol–water partition coefficient (Wildman–Crippen LogP) is 4.53. The number of pyridine rings is 1. The first kappa shape index (κ1) is 12.7. The van der Waals surface area contributed by atoms with Crippen molar-refractivity contribution in [1.82, 2.24) is 4.98 Å². The van der Waals surface area contributed by atoms with Gasteiger partial charge in [-0.25, -0.2) is 0 Å². The van der Waals surface area contributed by atoms with Crippen molar-refractivity contribution >= 4 is 10.8 Å². The third-order valence-corrected chi connectivity index (χ3v) is 3.78. The number of hydrogen-bond donors (Lipinski definition) is 1. The zero-order chi connectivity index (χ0) is 14.3. The van der Waals surface area contributed by atoms with Crippen LogP contribution < -0.4 is 0 Å². The molecule has 0 aliphatic heterocycles. The molecular weight excluding hydrogens is 246 g/mol. The minimum Gasteiger partial charge on any atom is -0.508 e. The number of aromatic hydroxyl groups is 1. The molecule has 0 aliphatic rings. The molecule has 100 valence electrons. The molecule has 2 heteroatoms. The first-order valence-corrected chi connectivity index (χ1v) is 6.72. The Morgan fingerprint density at radius 1 is 0.900 bits per heavy atom. The first-order valence-electron chi connectivity index (χ1n) is 6.72. The molecule has 0 saturated carbocycles. The highest BCUT2D eigenvalue weighted by Gasteiger charge is 2.07. The number of benzene rings is 2. The summed E-state index contributed by atoms with van der Waals surface area (Å²) in [6.07, 6.45) is 0. The van der Waals surface area contributed by atoms with E-state index < -0.39 is 0 Å². The molecule has 1 N–H and O–H groups in total. The first-order chi connectivity index (χ1) is 9.54. The van der Waals surface area contributed by atoms with Crippen LogP contribution in [0.25, 0.3) is 22.0 Å². The van der Waals surface area contributed by atoms with Gasteiger partial charge in [-0.2, -0.15) is 0 Å². The number of rotatable bonds is 1. The smallest absolute Gasteiger partial charge is 0.116 e. The number of aryl methyl sites for hydroxylation is 3. The van der Waals surface area contributed by atoms with E-state index >= 15 is 0 Å². The van der Waals surface area contributed by atoms with Gasteiger partial charge in [0.25, 0.3) is 0 Å². The van der Waals surface area contributed by atoms with Crippen LogP contribution in [-0.4, -0.2) is 10.1 Å². The van der Waals surface area contributed by atoms with Crippen molar-refractivity contribution in [2.45, 2.75) is 20.8 Å². The van der Waals surface area contributed by atoms with Gasteiger partial charge in [0, 0.05) is 16.6 Å². The van der Waals surface area contributed by atoms with E-state index in [1.165, 1.54) is 21.9 Å². The highest BCUT2D eigenvalue weighted by molar-refractivity contribution is 5.89. The number of phenolic OH excluding ortho intramolecular Hbond substituents is 1. The summed E-state index contributed by atoms with van der Waals surface area (Å²) in [5.41, 5.74) is 5.42. The van der Waals surface area contributed by atoms with Crippen molar-refractivity contribution < 1.29 is 5.11 Å². The van der Waals surface area contributed by atoms with Crippen molar-refractivity contribution in [3.05, 3.63) is 59.3 Å². The Labute approximate surface area is 118 Å². The Morgan fingerprint density at radius 2 is 1.65 bits per heavy atom. The number of phenols is 1. The second-order valence-electron chi connectivity index (χ2n) is 5.30. The molecule has 0 atom stereocenters. The molecule has 0 bridgehead atoms. The lowest BCUT2D eigenvalue weighted by Gasteiger charge is -2.09. The van der Waals surface area contributed by atoms with Crippen LogP contribution in [0.2, 0.25) is 0 Å². The summed E-state index contributed by atoms with van der Waals surface area (Å²) in [6.45, 7) is 6.28. The second kappa shape index (κ2) is 4.64. The molecule has 1 heterocycles. The molecule has 3 rings (SSSR count). The standard InChI is InChI=1S/C18H17NO/c1-11-7-15-10-18(14-5-4-6-16(20)9-14)19-13(3)17(15)8-12(11)2/h4-10,20H,1-3H3. The lowest BCUT2D eigenvalue weighted by Crippen LogP contribution is -1.91. The molecule has 20 heavy (non-hydrogen) atoms. The lowest BCUT2D eigenvalue weighted by molar-refractivity contribution is 0.475. The summed E-state index contributed by atoms with van der Waals surface area (Å²) in [6, 6.07) is 13.7. The Hall–Kier alpha value is -2.35.